The van der Waals surface area contributed by atoms with Gasteiger partial charge in [0, 0.05) is 11.1 Å². The molecule has 2 aromatic carbocycles. The minimum atomic E-state index is -0.444. The van der Waals surface area contributed by atoms with Crippen molar-refractivity contribution in [3.63, 3.8) is 0 Å². The monoisotopic (exact) mass is 309 g/mol. The van der Waals surface area contributed by atoms with Gasteiger partial charge < -0.3 is 14.9 Å². The zero-order valence-corrected chi connectivity index (χ0v) is 12.2. The summed E-state index contributed by atoms with van der Waals surface area (Å²) in [4.78, 5) is 16.3. The van der Waals surface area contributed by atoms with Gasteiger partial charge in [-0.05, 0) is 17.7 Å². The zero-order chi connectivity index (χ0) is 16.1. The Morgan fingerprint density at radius 3 is 2.48 bits per heavy atom. The Kier molecular flexibility index (Phi) is 4.44. The molecule has 0 spiro atoms. The van der Waals surface area contributed by atoms with E-state index in [0.717, 1.165) is 11.1 Å². The second-order valence-corrected chi connectivity index (χ2v) is 4.95. The van der Waals surface area contributed by atoms with Crippen LogP contribution in [0.25, 0.3) is 11.4 Å². The standard InChI is InChI=1S/C17H15N3O3/c21-10-15(12-4-2-1-3-5-12)19-17(22)14-8-6-13(7-9-14)16-18-11-23-20-16/h1-9,11,15,21H,10H2,(H,19,22)/t15-/m0/s1. The summed E-state index contributed by atoms with van der Waals surface area (Å²) in [7, 11) is 0. The van der Waals surface area contributed by atoms with Gasteiger partial charge in [0.1, 0.15) is 0 Å². The van der Waals surface area contributed by atoms with Crippen molar-refractivity contribution in [3.05, 3.63) is 72.1 Å². The highest BCUT2D eigenvalue weighted by atomic mass is 16.5. The van der Waals surface area contributed by atoms with Crippen LogP contribution in [0.4, 0.5) is 0 Å². The van der Waals surface area contributed by atoms with E-state index in [0.29, 0.717) is 11.4 Å². The summed E-state index contributed by atoms with van der Waals surface area (Å²) >= 11 is 0. The van der Waals surface area contributed by atoms with E-state index in [4.69, 9.17) is 4.52 Å². The van der Waals surface area contributed by atoms with Crippen LogP contribution in [-0.4, -0.2) is 27.8 Å². The van der Waals surface area contributed by atoms with Gasteiger partial charge >= 0.3 is 0 Å². The fourth-order valence-corrected chi connectivity index (χ4v) is 2.23. The lowest BCUT2D eigenvalue weighted by molar-refractivity contribution is 0.0916. The van der Waals surface area contributed by atoms with E-state index < -0.39 is 6.04 Å². The van der Waals surface area contributed by atoms with Crippen LogP contribution in [0.5, 0.6) is 0 Å². The first-order chi connectivity index (χ1) is 11.3. The van der Waals surface area contributed by atoms with Crippen LogP contribution in [0.2, 0.25) is 0 Å². The van der Waals surface area contributed by atoms with Gasteiger partial charge in [0.2, 0.25) is 12.2 Å². The predicted molar refractivity (Wildman–Crippen MR) is 83.5 cm³/mol. The molecule has 6 heteroatoms. The molecule has 3 aromatic rings. The normalized spacial score (nSPS) is 11.9. The van der Waals surface area contributed by atoms with E-state index in [1.807, 2.05) is 30.3 Å². The van der Waals surface area contributed by atoms with Gasteiger partial charge in [-0.15, -0.1) is 0 Å². The summed E-state index contributed by atoms with van der Waals surface area (Å²) in [5.41, 5.74) is 2.11. The molecule has 6 nitrogen and oxygen atoms in total. The number of hydrogen-bond acceptors (Lipinski definition) is 5. The summed E-state index contributed by atoms with van der Waals surface area (Å²) in [6, 6.07) is 15.7. The number of nitrogens with one attached hydrogen (secondary N) is 1. The Morgan fingerprint density at radius 1 is 1.13 bits per heavy atom. The van der Waals surface area contributed by atoms with Crippen LogP contribution in [-0.2, 0) is 0 Å². The SMILES string of the molecule is O=C(N[C@@H](CO)c1ccccc1)c1ccc(-c2ncon2)cc1. The van der Waals surface area contributed by atoms with Crippen molar-refractivity contribution in [3.8, 4) is 11.4 Å². The van der Waals surface area contributed by atoms with Crippen molar-refractivity contribution >= 4 is 5.91 Å². The van der Waals surface area contributed by atoms with Crippen molar-refractivity contribution in [2.45, 2.75) is 6.04 Å². The Hall–Kier alpha value is -2.99. The second kappa shape index (κ2) is 6.85. The quantitative estimate of drug-likeness (QED) is 0.754. The van der Waals surface area contributed by atoms with Crippen molar-refractivity contribution in [2.24, 2.45) is 0 Å². The lowest BCUT2D eigenvalue weighted by atomic mass is 10.1. The molecule has 1 atom stereocenters. The second-order valence-electron chi connectivity index (χ2n) is 4.95. The number of carbonyl (C=O) groups is 1. The van der Waals surface area contributed by atoms with Gasteiger partial charge in [0.05, 0.1) is 12.6 Å². The molecule has 0 saturated heterocycles. The van der Waals surface area contributed by atoms with Gasteiger partial charge in [-0.2, -0.15) is 4.98 Å². The van der Waals surface area contributed by atoms with E-state index >= 15 is 0 Å². The number of aliphatic hydroxyl groups is 1. The van der Waals surface area contributed by atoms with Crippen LogP contribution in [0, 0.1) is 0 Å². The third kappa shape index (κ3) is 3.44. The molecular formula is C17H15N3O3. The summed E-state index contributed by atoms with van der Waals surface area (Å²) in [5, 5.41) is 16.1. The lowest BCUT2D eigenvalue weighted by Crippen LogP contribution is -2.30. The molecule has 116 valence electrons. The molecule has 0 aliphatic heterocycles. The smallest absolute Gasteiger partial charge is 0.251 e. The first-order valence-corrected chi connectivity index (χ1v) is 7.11. The highest BCUT2D eigenvalue weighted by Crippen LogP contribution is 2.16. The molecule has 1 amide bonds. The zero-order valence-electron chi connectivity index (χ0n) is 12.2. The Bertz CT molecular complexity index is 756. The maximum Gasteiger partial charge on any atom is 0.251 e. The van der Waals surface area contributed by atoms with Gasteiger partial charge in [-0.25, -0.2) is 0 Å². The van der Waals surface area contributed by atoms with Crippen LogP contribution in [0.3, 0.4) is 0 Å². The Balaban J connectivity index is 1.72. The van der Waals surface area contributed by atoms with Crippen LogP contribution in [0.15, 0.2) is 65.5 Å². The molecule has 0 unspecified atom stereocenters. The molecule has 0 fully saturated rings. The van der Waals surface area contributed by atoms with E-state index in [1.165, 1.54) is 6.39 Å². The van der Waals surface area contributed by atoms with Crippen LogP contribution < -0.4 is 5.32 Å². The van der Waals surface area contributed by atoms with E-state index in [9.17, 15) is 9.90 Å². The number of benzene rings is 2. The topological polar surface area (TPSA) is 88.2 Å². The Morgan fingerprint density at radius 2 is 1.87 bits per heavy atom. The number of carbonyl (C=O) groups excluding carboxylic acids is 1. The highest BCUT2D eigenvalue weighted by Gasteiger charge is 2.15. The van der Waals surface area contributed by atoms with E-state index in [1.54, 1.807) is 24.3 Å². The lowest BCUT2D eigenvalue weighted by Gasteiger charge is -2.16. The fourth-order valence-electron chi connectivity index (χ4n) is 2.23. The average Bonchev–Trinajstić information content (AvgIpc) is 3.15. The largest absolute Gasteiger partial charge is 0.394 e. The molecule has 0 aliphatic carbocycles. The fraction of sp³-hybridized carbons (Fsp3) is 0.118. The molecule has 0 saturated carbocycles. The molecule has 23 heavy (non-hydrogen) atoms. The van der Waals surface area contributed by atoms with Crippen molar-refractivity contribution < 1.29 is 14.4 Å². The Labute approximate surface area is 132 Å². The molecule has 2 N–H and O–H groups in total. The molecule has 0 radical (unpaired) electrons. The number of aromatic nitrogens is 2. The minimum absolute atomic E-state index is 0.170. The van der Waals surface area contributed by atoms with E-state index in [2.05, 4.69) is 15.5 Å². The summed E-state index contributed by atoms with van der Waals surface area (Å²) in [6.07, 6.45) is 1.25. The van der Waals surface area contributed by atoms with Crippen LogP contribution in [0.1, 0.15) is 22.0 Å². The summed E-state index contributed by atoms with van der Waals surface area (Å²) in [5.74, 6) is 0.210. The van der Waals surface area contributed by atoms with Crippen LogP contribution >= 0.6 is 0 Å². The molecule has 3 rings (SSSR count). The van der Waals surface area contributed by atoms with Crippen molar-refractivity contribution in [1.29, 1.82) is 0 Å². The summed E-state index contributed by atoms with van der Waals surface area (Å²) < 4.78 is 4.69. The third-order valence-corrected chi connectivity index (χ3v) is 3.46. The predicted octanol–water partition coefficient (Wildman–Crippen LogP) is 2.20. The average molecular weight is 309 g/mol. The van der Waals surface area contributed by atoms with Crippen molar-refractivity contribution in [2.75, 3.05) is 6.61 Å². The number of amides is 1. The minimum Gasteiger partial charge on any atom is -0.394 e. The molecule has 0 bridgehead atoms. The summed E-state index contributed by atoms with van der Waals surface area (Å²) in [6.45, 7) is -0.170. The van der Waals surface area contributed by atoms with E-state index in [-0.39, 0.29) is 12.5 Å². The number of rotatable bonds is 5. The first kappa shape index (κ1) is 14.9. The third-order valence-electron chi connectivity index (χ3n) is 3.46. The van der Waals surface area contributed by atoms with Gasteiger partial charge in [0.15, 0.2) is 0 Å². The number of aliphatic hydroxyl groups excluding tert-OH is 1. The number of hydrogen-bond donors (Lipinski definition) is 2. The van der Waals surface area contributed by atoms with Gasteiger partial charge in [-0.1, -0.05) is 47.6 Å². The maximum absolute atomic E-state index is 12.3. The molecular weight excluding hydrogens is 294 g/mol. The van der Waals surface area contributed by atoms with Gasteiger partial charge in [0.25, 0.3) is 5.91 Å². The molecule has 0 aliphatic rings. The number of nitrogens with zero attached hydrogens (tertiary/aromatic N) is 2. The molecule has 1 aromatic heterocycles. The maximum atomic E-state index is 12.3. The molecule has 1 heterocycles. The highest BCUT2D eigenvalue weighted by molar-refractivity contribution is 5.94. The first-order valence-electron chi connectivity index (χ1n) is 7.11. The van der Waals surface area contributed by atoms with Crippen molar-refractivity contribution in [1.82, 2.24) is 15.5 Å². The van der Waals surface area contributed by atoms with Gasteiger partial charge in [-0.3, -0.25) is 4.79 Å².